The van der Waals surface area contributed by atoms with Crippen molar-refractivity contribution in [2.45, 2.75) is 258 Å². The summed E-state index contributed by atoms with van der Waals surface area (Å²) in [7, 11) is 0. The van der Waals surface area contributed by atoms with Gasteiger partial charge in [0.05, 0.1) is 0 Å². The quantitative estimate of drug-likeness (QED) is 0.0262. The van der Waals surface area contributed by atoms with Gasteiger partial charge in [-0.2, -0.15) is 0 Å². The van der Waals surface area contributed by atoms with Crippen LogP contribution in [0.25, 0.3) is 0 Å². The van der Waals surface area contributed by atoms with Crippen LogP contribution < -0.4 is 0 Å². The molecular formula is C61H102O6. The van der Waals surface area contributed by atoms with Crippen molar-refractivity contribution in [3.63, 3.8) is 0 Å². The van der Waals surface area contributed by atoms with Crippen molar-refractivity contribution >= 4 is 17.9 Å². The summed E-state index contributed by atoms with van der Waals surface area (Å²) in [5.74, 6) is -0.977. The van der Waals surface area contributed by atoms with E-state index in [-0.39, 0.29) is 37.5 Å². The van der Waals surface area contributed by atoms with Gasteiger partial charge < -0.3 is 14.2 Å². The predicted molar refractivity (Wildman–Crippen MR) is 288 cm³/mol. The van der Waals surface area contributed by atoms with Gasteiger partial charge in [-0.3, -0.25) is 14.4 Å². The van der Waals surface area contributed by atoms with Gasteiger partial charge >= 0.3 is 17.9 Å². The zero-order valence-corrected chi connectivity index (χ0v) is 43.6. The van der Waals surface area contributed by atoms with Gasteiger partial charge in [0.1, 0.15) is 13.2 Å². The van der Waals surface area contributed by atoms with Crippen LogP contribution in [0.2, 0.25) is 0 Å². The lowest BCUT2D eigenvalue weighted by Crippen LogP contribution is -2.30. The number of hydrogen-bond donors (Lipinski definition) is 0. The van der Waals surface area contributed by atoms with Gasteiger partial charge in [0.15, 0.2) is 6.10 Å². The van der Waals surface area contributed by atoms with Gasteiger partial charge in [0, 0.05) is 19.3 Å². The molecule has 0 aromatic rings. The molecular weight excluding hydrogens is 829 g/mol. The van der Waals surface area contributed by atoms with Crippen LogP contribution in [0.4, 0.5) is 0 Å². The normalized spacial score (nSPS) is 12.8. The Morgan fingerprint density at radius 1 is 0.313 bits per heavy atom. The van der Waals surface area contributed by atoms with Gasteiger partial charge in [-0.25, -0.2) is 0 Å². The number of hydrogen-bond acceptors (Lipinski definition) is 6. The molecule has 0 unspecified atom stereocenters. The summed E-state index contributed by atoms with van der Waals surface area (Å²) in [6, 6.07) is 0. The van der Waals surface area contributed by atoms with Crippen LogP contribution in [0.1, 0.15) is 252 Å². The third-order valence-electron chi connectivity index (χ3n) is 11.5. The second-order valence-corrected chi connectivity index (χ2v) is 18.1. The highest BCUT2D eigenvalue weighted by Gasteiger charge is 2.19. The maximum Gasteiger partial charge on any atom is 0.306 e. The molecule has 0 aliphatic carbocycles. The van der Waals surface area contributed by atoms with E-state index in [2.05, 4.69) is 118 Å². The van der Waals surface area contributed by atoms with Crippen molar-refractivity contribution in [1.29, 1.82) is 0 Å². The fourth-order valence-corrected chi connectivity index (χ4v) is 7.38. The smallest absolute Gasteiger partial charge is 0.306 e. The SMILES string of the molecule is CC/C=C\C/C=C\C/C=C\C/C=C\C/C=C\CCCC(=O)O[C@@H](COC(=O)CCCCCCC/C=C\CCCCCC)COC(=O)CCCCCCCCCCC/C=C\C/C=C\CCCCC. The fourth-order valence-electron chi connectivity index (χ4n) is 7.38. The zero-order valence-electron chi connectivity index (χ0n) is 43.6. The lowest BCUT2D eigenvalue weighted by molar-refractivity contribution is -0.167. The molecule has 0 aromatic carbocycles. The fraction of sp³-hybridized carbons (Fsp3) is 0.689. The molecule has 0 heterocycles. The number of allylic oxidation sites excluding steroid dienone is 16. The van der Waals surface area contributed by atoms with Crippen molar-refractivity contribution in [2.24, 2.45) is 0 Å². The molecule has 0 rings (SSSR count). The molecule has 0 saturated heterocycles. The molecule has 0 spiro atoms. The number of ether oxygens (including phenoxy) is 3. The molecule has 0 aliphatic heterocycles. The maximum atomic E-state index is 12.8. The first-order valence-electron chi connectivity index (χ1n) is 27.7. The number of carbonyl (C=O) groups is 3. The monoisotopic (exact) mass is 931 g/mol. The van der Waals surface area contributed by atoms with Crippen LogP contribution in [-0.4, -0.2) is 37.2 Å². The molecule has 0 radical (unpaired) electrons. The van der Waals surface area contributed by atoms with Gasteiger partial charge in [0.25, 0.3) is 0 Å². The van der Waals surface area contributed by atoms with Crippen LogP contribution in [0, 0.1) is 0 Å². The second-order valence-electron chi connectivity index (χ2n) is 18.1. The van der Waals surface area contributed by atoms with E-state index in [0.717, 1.165) is 96.3 Å². The van der Waals surface area contributed by atoms with Crippen molar-refractivity contribution in [3.05, 3.63) is 97.2 Å². The van der Waals surface area contributed by atoms with Crippen molar-refractivity contribution in [1.82, 2.24) is 0 Å². The minimum absolute atomic E-state index is 0.105. The van der Waals surface area contributed by atoms with E-state index in [1.54, 1.807) is 0 Å². The van der Waals surface area contributed by atoms with Gasteiger partial charge in [-0.05, 0) is 116 Å². The average Bonchev–Trinajstić information content (AvgIpc) is 3.33. The topological polar surface area (TPSA) is 78.9 Å². The van der Waals surface area contributed by atoms with Crippen molar-refractivity contribution < 1.29 is 28.6 Å². The molecule has 0 amide bonds. The number of unbranched alkanes of at least 4 members (excludes halogenated alkanes) is 22. The molecule has 0 fully saturated rings. The molecule has 0 saturated carbocycles. The van der Waals surface area contributed by atoms with Crippen LogP contribution in [0.5, 0.6) is 0 Å². The molecule has 6 heteroatoms. The summed E-state index contributed by atoms with van der Waals surface area (Å²) < 4.78 is 16.8. The molecule has 382 valence electrons. The van der Waals surface area contributed by atoms with Crippen LogP contribution in [0.15, 0.2) is 97.2 Å². The van der Waals surface area contributed by atoms with Gasteiger partial charge in [-0.1, -0.05) is 214 Å². The van der Waals surface area contributed by atoms with E-state index in [4.69, 9.17) is 14.2 Å². The summed E-state index contributed by atoms with van der Waals surface area (Å²) >= 11 is 0. The van der Waals surface area contributed by atoms with E-state index in [1.165, 1.54) is 109 Å². The Balaban J connectivity index is 4.47. The first-order valence-corrected chi connectivity index (χ1v) is 27.7. The summed E-state index contributed by atoms with van der Waals surface area (Å²) in [6.07, 6.45) is 72.5. The van der Waals surface area contributed by atoms with E-state index in [0.29, 0.717) is 19.3 Å². The highest BCUT2D eigenvalue weighted by atomic mass is 16.6. The van der Waals surface area contributed by atoms with Gasteiger partial charge in [-0.15, -0.1) is 0 Å². The predicted octanol–water partition coefficient (Wildman–Crippen LogP) is 18.5. The van der Waals surface area contributed by atoms with E-state index < -0.39 is 6.10 Å². The van der Waals surface area contributed by atoms with Crippen LogP contribution in [0.3, 0.4) is 0 Å². The summed E-state index contributed by atoms with van der Waals surface area (Å²) in [4.78, 5) is 38.1. The Hall–Kier alpha value is -3.67. The maximum absolute atomic E-state index is 12.8. The molecule has 67 heavy (non-hydrogen) atoms. The van der Waals surface area contributed by atoms with Crippen molar-refractivity contribution in [3.8, 4) is 0 Å². The number of rotatable bonds is 49. The Bertz CT molecular complexity index is 1350. The standard InChI is InChI=1S/C61H102O6/c1-4-7-10-13-16-19-22-25-27-29-30-32-33-36-39-42-45-48-51-54-60(63)66-57-58(56-65-59(62)53-50-47-44-41-38-35-24-21-18-15-12-9-6-3)67-61(64)55-52-49-46-43-40-37-34-31-28-26-23-20-17-14-11-8-5-2/h8,11,16-17,19-21,24-28,34,37,43,46,58H,4-7,9-10,12-15,18,22-23,29-33,35-36,38-42,44-45,47-57H2,1-3H3/b11-8-,19-16-,20-17-,24-21-,27-25-,28-26-,37-34-,46-43-/t58-/m0/s1. The average molecular weight is 931 g/mol. The van der Waals surface area contributed by atoms with Gasteiger partial charge in [0.2, 0.25) is 0 Å². The first kappa shape index (κ1) is 63.3. The number of esters is 3. The van der Waals surface area contributed by atoms with Crippen molar-refractivity contribution in [2.75, 3.05) is 13.2 Å². The van der Waals surface area contributed by atoms with E-state index >= 15 is 0 Å². The van der Waals surface area contributed by atoms with Crippen LogP contribution in [-0.2, 0) is 28.6 Å². The highest BCUT2D eigenvalue weighted by Crippen LogP contribution is 2.14. The van der Waals surface area contributed by atoms with Crippen LogP contribution >= 0.6 is 0 Å². The van der Waals surface area contributed by atoms with E-state index in [1.807, 2.05) is 0 Å². The first-order chi connectivity index (χ1) is 33.0. The largest absolute Gasteiger partial charge is 0.462 e. The minimum atomic E-state index is -0.813. The zero-order chi connectivity index (χ0) is 48.6. The summed E-state index contributed by atoms with van der Waals surface area (Å²) in [6.45, 7) is 6.43. The number of carbonyl (C=O) groups excluding carboxylic acids is 3. The second kappa shape index (κ2) is 54.9. The molecule has 0 aromatic heterocycles. The Kier molecular flexibility index (Phi) is 51.9. The molecule has 1 atom stereocenters. The summed E-state index contributed by atoms with van der Waals surface area (Å²) in [5, 5.41) is 0. The van der Waals surface area contributed by atoms with E-state index in [9.17, 15) is 14.4 Å². The summed E-state index contributed by atoms with van der Waals surface area (Å²) in [5.41, 5.74) is 0. The third kappa shape index (κ3) is 53.2. The lowest BCUT2D eigenvalue weighted by atomic mass is 10.1. The Morgan fingerprint density at radius 2 is 0.597 bits per heavy atom. The molecule has 6 nitrogen and oxygen atoms in total. The Morgan fingerprint density at radius 3 is 1.00 bits per heavy atom. The Labute approximate surface area is 413 Å². The third-order valence-corrected chi connectivity index (χ3v) is 11.5. The molecule has 0 bridgehead atoms. The highest BCUT2D eigenvalue weighted by molar-refractivity contribution is 5.71. The lowest BCUT2D eigenvalue weighted by Gasteiger charge is -2.18. The molecule has 0 N–H and O–H groups in total. The molecule has 0 aliphatic rings. The minimum Gasteiger partial charge on any atom is -0.462 e.